The zero-order valence-corrected chi connectivity index (χ0v) is 27.8. The van der Waals surface area contributed by atoms with Crippen molar-refractivity contribution in [1.82, 2.24) is 29.4 Å². The summed E-state index contributed by atoms with van der Waals surface area (Å²) in [5.74, 6) is -0.150. The van der Waals surface area contributed by atoms with Crippen LogP contribution in [0.1, 0.15) is 30.1 Å². The number of aromatic nitrogens is 5. The number of aryl methyl sites for hydroxylation is 2. The minimum Gasteiger partial charge on any atom is -0.381 e. The van der Waals surface area contributed by atoms with Crippen molar-refractivity contribution in [2.24, 2.45) is 18.7 Å². The molecule has 12 nitrogen and oxygen atoms in total. The Balaban J connectivity index is 1.55. The fraction of sp³-hybridized carbons (Fsp3) is 0.412. The number of nitrogens with zero attached hydrogens (tertiary/aromatic N) is 7. The lowest BCUT2D eigenvalue weighted by Crippen LogP contribution is -2.49. The van der Waals surface area contributed by atoms with E-state index in [1.165, 1.54) is 6.26 Å². The molecule has 0 bridgehead atoms. The maximum absolute atomic E-state index is 13.6. The molecule has 2 aliphatic heterocycles. The van der Waals surface area contributed by atoms with Gasteiger partial charge in [0.25, 0.3) is 0 Å². The maximum Gasteiger partial charge on any atom is 0.231 e. The molecule has 1 atom stereocenters. The fourth-order valence-electron chi connectivity index (χ4n) is 7.50. The van der Waals surface area contributed by atoms with E-state index in [0.717, 1.165) is 57.5 Å². The van der Waals surface area contributed by atoms with Crippen LogP contribution in [0.2, 0.25) is 0 Å². The Morgan fingerprint density at radius 1 is 1.06 bits per heavy atom. The number of piperazine rings is 1. The lowest BCUT2D eigenvalue weighted by molar-refractivity contribution is -0.119. The van der Waals surface area contributed by atoms with E-state index in [2.05, 4.69) is 42.9 Å². The number of carbonyl (C=O) groups excluding carboxylic acids is 1. The number of hydrogen-bond donors (Lipinski definition) is 1. The highest BCUT2D eigenvalue weighted by molar-refractivity contribution is 7.91. The number of anilines is 1. The van der Waals surface area contributed by atoms with Gasteiger partial charge in [-0.05, 0) is 49.4 Å². The van der Waals surface area contributed by atoms with Gasteiger partial charge in [-0.1, -0.05) is 35.5 Å². The number of amides is 1. The number of nitrogens with two attached hydrogens (primary N) is 1. The van der Waals surface area contributed by atoms with E-state index in [1.807, 2.05) is 44.4 Å². The number of benzene rings is 2. The summed E-state index contributed by atoms with van der Waals surface area (Å²) in [6.07, 6.45) is 4.80. The van der Waals surface area contributed by atoms with Crippen LogP contribution >= 0.6 is 0 Å². The number of primary amides is 1. The van der Waals surface area contributed by atoms with Gasteiger partial charge in [-0.25, -0.2) is 13.1 Å². The first-order chi connectivity index (χ1) is 22.6. The second-order valence-corrected chi connectivity index (χ2v) is 14.7. The molecule has 246 valence electrons. The summed E-state index contributed by atoms with van der Waals surface area (Å²) in [5, 5.41) is 9.33. The van der Waals surface area contributed by atoms with Crippen LogP contribution in [0.4, 0.5) is 5.69 Å². The first kappa shape index (κ1) is 31.3. The van der Waals surface area contributed by atoms with Crippen molar-refractivity contribution >= 4 is 43.4 Å². The number of ether oxygens (including phenoxy) is 1. The fourth-order valence-corrected chi connectivity index (χ4v) is 8.37. The number of fused-ring (bicyclic) bond motifs is 3. The van der Waals surface area contributed by atoms with Crippen molar-refractivity contribution < 1.29 is 17.9 Å². The standard InChI is InChI=1S/C34H40N8O4S/c1-22-32(39(2)38-37-22)25-19-27-31(36-20-25)30-26(41-15-13-40(14-16-41)21-29(35)43)9-10-28(47(3,44)45)34(30)42(27)33(23-7-5-4-6-8-23)24-11-17-46-18-12-24/h4-10,19-20,24,33H,11-18,21H2,1-3H3,(H2,35,43)/t33-/m1/s1. The largest absolute Gasteiger partial charge is 0.381 e. The van der Waals surface area contributed by atoms with Gasteiger partial charge in [-0.15, -0.1) is 5.10 Å². The van der Waals surface area contributed by atoms with Gasteiger partial charge < -0.3 is 19.9 Å². The number of hydrogen-bond acceptors (Lipinski definition) is 9. The van der Waals surface area contributed by atoms with E-state index in [0.29, 0.717) is 44.9 Å². The van der Waals surface area contributed by atoms with Crippen molar-refractivity contribution in [1.29, 1.82) is 0 Å². The predicted molar refractivity (Wildman–Crippen MR) is 181 cm³/mol. The molecule has 0 saturated carbocycles. The molecule has 5 heterocycles. The van der Waals surface area contributed by atoms with Gasteiger partial charge in [0, 0.05) is 70.1 Å². The highest BCUT2D eigenvalue weighted by Gasteiger charge is 2.34. The van der Waals surface area contributed by atoms with Gasteiger partial charge in [-0.2, -0.15) is 0 Å². The topological polar surface area (TPSA) is 141 Å². The molecule has 2 saturated heterocycles. The zero-order chi connectivity index (χ0) is 32.9. The molecule has 5 aromatic rings. The van der Waals surface area contributed by atoms with E-state index in [9.17, 15) is 13.2 Å². The SMILES string of the molecule is Cc1nnn(C)c1-c1cnc2c3c(N4CCN(CC(N)=O)CC4)ccc(S(C)(=O)=O)c3n([C@H](c3ccccc3)C3CCOCC3)c2c1. The van der Waals surface area contributed by atoms with Crippen molar-refractivity contribution in [2.75, 3.05) is 57.1 Å². The summed E-state index contributed by atoms with van der Waals surface area (Å²) in [6.45, 7) is 6.08. The van der Waals surface area contributed by atoms with Crippen molar-refractivity contribution in [3.63, 3.8) is 0 Å². The molecule has 13 heteroatoms. The van der Waals surface area contributed by atoms with Gasteiger partial charge in [0.1, 0.15) is 0 Å². The predicted octanol–water partition coefficient (Wildman–Crippen LogP) is 3.32. The van der Waals surface area contributed by atoms with E-state index in [4.69, 9.17) is 15.5 Å². The average Bonchev–Trinajstić information content (AvgIpc) is 3.57. The van der Waals surface area contributed by atoms with Crippen molar-refractivity contribution in [3.05, 3.63) is 66.0 Å². The van der Waals surface area contributed by atoms with Gasteiger partial charge in [-0.3, -0.25) is 14.7 Å². The van der Waals surface area contributed by atoms with Crippen LogP contribution in [-0.2, 0) is 26.4 Å². The number of pyridine rings is 1. The molecule has 2 fully saturated rings. The Morgan fingerprint density at radius 2 is 1.79 bits per heavy atom. The molecule has 7 rings (SSSR count). The van der Waals surface area contributed by atoms with E-state index >= 15 is 0 Å². The molecule has 1 amide bonds. The number of rotatable bonds is 8. The average molecular weight is 657 g/mol. The molecule has 0 spiro atoms. The molecular formula is C34H40N8O4S. The zero-order valence-electron chi connectivity index (χ0n) is 27.0. The highest BCUT2D eigenvalue weighted by atomic mass is 32.2. The first-order valence-corrected chi connectivity index (χ1v) is 17.9. The maximum atomic E-state index is 13.6. The molecule has 2 aromatic carbocycles. The minimum atomic E-state index is -3.66. The summed E-state index contributed by atoms with van der Waals surface area (Å²) in [4.78, 5) is 21.3. The Hall–Kier alpha value is -4.33. The Labute approximate surface area is 274 Å². The lowest BCUT2D eigenvalue weighted by atomic mass is 9.86. The molecule has 0 aliphatic carbocycles. The molecule has 0 radical (unpaired) electrons. The van der Waals surface area contributed by atoms with Gasteiger partial charge >= 0.3 is 0 Å². The third kappa shape index (κ3) is 5.76. The first-order valence-electron chi connectivity index (χ1n) is 16.0. The Morgan fingerprint density at radius 3 is 2.43 bits per heavy atom. The summed E-state index contributed by atoms with van der Waals surface area (Å²) in [5.41, 5.74) is 12.3. The van der Waals surface area contributed by atoms with Gasteiger partial charge in [0.15, 0.2) is 9.84 Å². The smallest absolute Gasteiger partial charge is 0.231 e. The summed E-state index contributed by atoms with van der Waals surface area (Å²) < 4.78 is 37.1. The van der Waals surface area contributed by atoms with Crippen LogP contribution < -0.4 is 10.6 Å². The molecule has 2 N–H and O–H groups in total. The molecule has 3 aromatic heterocycles. The quantitative estimate of drug-likeness (QED) is 0.266. The number of sulfone groups is 1. The monoisotopic (exact) mass is 656 g/mol. The third-order valence-electron chi connectivity index (χ3n) is 9.62. The van der Waals surface area contributed by atoms with E-state index in [1.54, 1.807) is 10.7 Å². The second kappa shape index (κ2) is 12.4. The van der Waals surface area contributed by atoms with Crippen LogP contribution in [-0.4, -0.2) is 96.0 Å². The summed E-state index contributed by atoms with van der Waals surface area (Å²) >= 11 is 0. The van der Waals surface area contributed by atoms with Crippen LogP contribution in [0, 0.1) is 12.8 Å². The van der Waals surface area contributed by atoms with Crippen LogP contribution in [0.5, 0.6) is 0 Å². The summed E-state index contributed by atoms with van der Waals surface area (Å²) in [7, 11) is -1.80. The molecule has 47 heavy (non-hydrogen) atoms. The van der Waals surface area contributed by atoms with Crippen molar-refractivity contribution in [2.45, 2.75) is 30.7 Å². The van der Waals surface area contributed by atoms with Crippen molar-refractivity contribution in [3.8, 4) is 11.3 Å². The van der Waals surface area contributed by atoms with Crippen LogP contribution in [0.3, 0.4) is 0 Å². The normalized spacial score (nSPS) is 17.5. The van der Waals surface area contributed by atoms with E-state index in [-0.39, 0.29) is 29.3 Å². The highest BCUT2D eigenvalue weighted by Crippen LogP contribution is 2.46. The van der Waals surface area contributed by atoms with E-state index < -0.39 is 9.84 Å². The molecule has 2 aliphatic rings. The molecule has 0 unspecified atom stereocenters. The molecular weight excluding hydrogens is 616 g/mol. The Kier molecular flexibility index (Phi) is 8.23. The lowest BCUT2D eigenvalue weighted by Gasteiger charge is -2.36. The second-order valence-electron chi connectivity index (χ2n) is 12.7. The van der Waals surface area contributed by atoms with Gasteiger partial charge in [0.2, 0.25) is 5.91 Å². The van der Waals surface area contributed by atoms with Crippen LogP contribution in [0.15, 0.2) is 59.6 Å². The Bertz CT molecular complexity index is 2040. The van der Waals surface area contributed by atoms with Gasteiger partial charge in [0.05, 0.1) is 50.8 Å². The number of carbonyl (C=O) groups is 1. The minimum absolute atomic E-state index is 0.175. The third-order valence-corrected chi connectivity index (χ3v) is 10.7. The van der Waals surface area contributed by atoms with Crippen LogP contribution in [0.25, 0.3) is 33.2 Å². The summed E-state index contributed by atoms with van der Waals surface area (Å²) in [6, 6.07) is 16.0.